The van der Waals surface area contributed by atoms with E-state index in [1.807, 2.05) is 13.8 Å². The molecule has 1 aromatic rings. The molecular formula is C17H24FN3O3. The molecule has 0 aromatic heterocycles. The van der Waals surface area contributed by atoms with Crippen LogP contribution >= 0.6 is 0 Å². The van der Waals surface area contributed by atoms with Gasteiger partial charge in [0.2, 0.25) is 17.7 Å². The van der Waals surface area contributed by atoms with Gasteiger partial charge in [-0.05, 0) is 24.0 Å². The van der Waals surface area contributed by atoms with E-state index in [1.165, 1.54) is 25.1 Å². The van der Waals surface area contributed by atoms with E-state index >= 15 is 0 Å². The molecule has 24 heavy (non-hydrogen) atoms. The summed E-state index contributed by atoms with van der Waals surface area (Å²) < 4.78 is 13.8. The lowest BCUT2D eigenvalue weighted by Gasteiger charge is -2.22. The molecule has 0 fully saturated rings. The number of rotatable bonds is 8. The molecule has 0 bridgehead atoms. The van der Waals surface area contributed by atoms with Crippen LogP contribution in [0.4, 0.5) is 4.39 Å². The SMILES string of the molecule is CC(=O)N[C@@H](Cc1ccccc1F)C(=O)N[C@@H](CC(C)C)C(N)=O. The zero-order chi connectivity index (χ0) is 18.3. The third kappa shape index (κ3) is 6.36. The molecule has 2 atom stereocenters. The number of hydrogen-bond acceptors (Lipinski definition) is 3. The molecule has 132 valence electrons. The van der Waals surface area contributed by atoms with Crippen molar-refractivity contribution in [3.63, 3.8) is 0 Å². The van der Waals surface area contributed by atoms with Crippen LogP contribution in [-0.2, 0) is 20.8 Å². The molecule has 0 saturated carbocycles. The molecule has 3 amide bonds. The molecule has 0 aliphatic heterocycles. The van der Waals surface area contributed by atoms with Crippen LogP contribution in [0.1, 0.15) is 32.8 Å². The van der Waals surface area contributed by atoms with Crippen molar-refractivity contribution in [3.8, 4) is 0 Å². The van der Waals surface area contributed by atoms with Gasteiger partial charge in [-0.15, -0.1) is 0 Å². The molecule has 0 aliphatic rings. The van der Waals surface area contributed by atoms with Crippen LogP contribution in [0, 0.1) is 11.7 Å². The number of halogens is 1. The van der Waals surface area contributed by atoms with Gasteiger partial charge in [0, 0.05) is 13.3 Å². The molecule has 1 aromatic carbocycles. The Morgan fingerprint density at radius 1 is 1.12 bits per heavy atom. The second-order valence-electron chi connectivity index (χ2n) is 6.14. The summed E-state index contributed by atoms with van der Waals surface area (Å²) >= 11 is 0. The Balaban J connectivity index is 2.90. The highest BCUT2D eigenvalue weighted by Gasteiger charge is 2.26. The highest BCUT2D eigenvalue weighted by molar-refractivity contribution is 5.91. The fourth-order valence-electron chi connectivity index (χ4n) is 2.33. The number of nitrogens with one attached hydrogen (secondary N) is 2. The van der Waals surface area contributed by atoms with Crippen molar-refractivity contribution in [3.05, 3.63) is 35.6 Å². The van der Waals surface area contributed by atoms with Crippen molar-refractivity contribution < 1.29 is 18.8 Å². The van der Waals surface area contributed by atoms with Crippen LogP contribution < -0.4 is 16.4 Å². The summed E-state index contributed by atoms with van der Waals surface area (Å²) in [4.78, 5) is 35.3. The normalized spacial score (nSPS) is 13.2. The van der Waals surface area contributed by atoms with E-state index < -0.39 is 35.6 Å². The monoisotopic (exact) mass is 337 g/mol. The van der Waals surface area contributed by atoms with E-state index in [2.05, 4.69) is 10.6 Å². The number of carbonyl (C=O) groups is 3. The van der Waals surface area contributed by atoms with Gasteiger partial charge in [0.15, 0.2) is 0 Å². The largest absolute Gasteiger partial charge is 0.368 e. The Morgan fingerprint density at radius 2 is 1.75 bits per heavy atom. The first kappa shape index (κ1) is 19.6. The van der Waals surface area contributed by atoms with Gasteiger partial charge in [-0.3, -0.25) is 14.4 Å². The summed E-state index contributed by atoms with van der Waals surface area (Å²) in [6, 6.07) is 4.17. The van der Waals surface area contributed by atoms with Gasteiger partial charge in [0.05, 0.1) is 0 Å². The molecule has 7 heteroatoms. The van der Waals surface area contributed by atoms with Crippen LogP contribution in [0.3, 0.4) is 0 Å². The number of hydrogen-bond donors (Lipinski definition) is 3. The van der Waals surface area contributed by atoms with Gasteiger partial charge >= 0.3 is 0 Å². The minimum Gasteiger partial charge on any atom is -0.368 e. The number of amides is 3. The van der Waals surface area contributed by atoms with Crippen LogP contribution in [-0.4, -0.2) is 29.8 Å². The molecule has 0 unspecified atom stereocenters. The first-order valence-electron chi connectivity index (χ1n) is 7.81. The van der Waals surface area contributed by atoms with Crippen molar-refractivity contribution in [1.29, 1.82) is 0 Å². The van der Waals surface area contributed by atoms with E-state index in [9.17, 15) is 18.8 Å². The fourth-order valence-corrected chi connectivity index (χ4v) is 2.33. The van der Waals surface area contributed by atoms with Gasteiger partial charge < -0.3 is 16.4 Å². The molecule has 6 nitrogen and oxygen atoms in total. The molecule has 1 rings (SSSR count). The molecule has 4 N–H and O–H groups in total. The molecule has 0 radical (unpaired) electrons. The standard InChI is InChI=1S/C17H24FN3O3/c1-10(2)8-14(16(19)23)21-17(24)15(20-11(3)22)9-12-6-4-5-7-13(12)18/h4-7,10,14-15H,8-9H2,1-3H3,(H2,19,23)(H,20,22)(H,21,24)/t14-,15-/m0/s1. The zero-order valence-corrected chi connectivity index (χ0v) is 14.1. The first-order chi connectivity index (χ1) is 11.2. The van der Waals surface area contributed by atoms with Gasteiger partial charge in [-0.25, -0.2) is 4.39 Å². The Hall–Kier alpha value is -2.44. The fraction of sp³-hybridized carbons (Fsp3) is 0.471. The van der Waals surface area contributed by atoms with Crippen molar-refractivity contribution in [1.82, 2.24) is 10.6 Å². The van der Waals surface area contributed by atoms with Crippen molar-refractivity contribution >= 4 is 17.7 Å². The summed E-state index contributed by atoms with van der Waals surface area (Å²) in [5, 5.41) is 5.03. The molecule has 0 aliphatic carbocycles. The quantitative estimate of drug-likeness (QED) is 0.656. The molecule has 0 saturated heterocycles. The van der Waals surface area contributed by atoms with Gasteiger partial charge in [-0.2, -0.15) is 0 Å². The summed E-state index contributed by atoms with van der Waals surface area (Å²) in [5.41, 5.74) is 5.61. The van der Waals surface area contributed by atoms with Crippen molar-refractivity contribution in [2.75, 3.05) is 0 Å². The van der Waals surface area contributed by atoms with E-state index in [1.54, 1.807) is 6.07 Å². The van der Waals surface area contributed by atoms with Gasteiger partial charge in [-0.1, -0.05) is 32.0 Å². The lowest BCUT2D eigenvalue weighted by molar-refractivity contribution is -0.131. The number of nitrogens with two attached hydrogens (primary N) is 1. The summed E-state index contributed by atoms with van der Waals surface area (Å²) in [7, 11) is 0. The second kappa shape index (κ2) is 9.00. The average Bonchev–Trinajstić information content (AvgIpc) is 2.47. The highest BCUT2D eigenvalue weighted by atomic mass is 19.1. The Kier molecular flexibility index (Phi) is 7.35. The second-order valence-corrected chi connectivity index (χ2v) is 6.14. The first-order valence-corrected chi connectivity index (χ1v) is 7.81. The summed E-state index contributed by atoms with van der Waals surface area (Å²) in [6.45, 7) is 5.06. The molecular weight excluding hydrogens is 313 g/mol. The van der Waals surface area contributed by atoms with Crippen molar-refractivity contribution in [2.45, 2.75) is 45.7 Å². The van der Waals surface area contributed by atoms with Crippen LogP contribution in [0.25, 0.3) is 0 Å². The Morgan fingerprint density at radius 3 is 2.25 bits per heavy atom. The maximum atomic E-state index is 13.8. The van der Waals surface area contributed by atoms with Gasteiger partial charge in [0.1, 0.15) is 17.9 Å². The van der Waals surface area contributed by atoms with Crippen LogP contribution in [0.5, 0.6) is 0 Å². The zero-order valence-electron chi connectivity index (χ0n) is 14.1. The maximum Gasteiger partial charge on any atom is 0.243 e. The van der Waals surface area contributed by atoms with Gasteiger partial charge in [0.25, 0.3) is 0 Å². The van der Waals surface area contributed by atoms with Crippen molar-refractivity contribution in [2.24, 2.45) is 11.7 Å². The van der Waals surface area contributed by atoms with E-state index in [0.29, 0.717) is 12.0 Å². The van der Waals surface area contributed by atoms with E-state index in [4.69, 9.17) is 5.73 Å². The van der Waals surface area contributed by atoms with E-state index in [-0.39, 0.29) is 12.3 Å². The highest BCUT2D eigenvalue weighted by Crippen LogP contribution is 2.10. The summed E-state index contributed by atoms with van der Waals surface area (Å²) in [5.74, 6) is -1.96. The Bertz CT molecular complexity index is 604. The number of carbonyl (C=O) groups excluding carboxylic acids is 3. The lowest BCUT2D eigenvalue weighted by Crippen LogP contribution is -2.53. The average molecular weight is 337 g/mol. The smallest absolute Gasteiger partial charge is 0.243 e. The third-order valence-corrected chi connectivity index (χ3v) is 3.44. The maximum absolute atomic E-state index is 13.8. The predicted molar refractivity (Wildman–Crippen MR) is 88.3 cm³/mol. The lowest BCUT2D eigenvalue weighted by atomic mass is 10.0. The molecule has 0 spiro atoms. The van der Waals surface area contributed by atoms with E-state index in [0.717, 1.165) is 0 Å². The topological polar surface area (TPSA) is 101 Å². The predicted octanol–water partition coefficient (Wildman–Crippen LogP) is 0.889. The summed E-state index contributed by atoms with van der Waals surface area (Å²) in [6.07, 6.45) is 0.360. The Labute approximate surface area is 141 Å². The minimum absolute atomic E-state index is 0.0226. The van der Waals surface area contributed by atoms with Crippen LogP contribution in [0.2, 0.25) is 0 Å². The number of benzene rings is 1. The van der Waals surface area contributed by atoms with Crippen LogP contribution in [0.15, 0.2) is 24.3 Å². The molecule has 0 heterocycles. The number of primary amides is 1. The minimum atomic E-state index is -0.992. The third-order valence-electron chi connectivity index (χ3n) is 3.44.